The van der Waals surface area contributed by atoms with Gasteiger partial charge in [0.05, 0.1) is 0 Å². The Balaban J connectivity index is 1.95. The van der Waals surface area contributed by atoms with Crippen molar-refractivity contribution >= 4 is 5.78 Å². The van der Waals surface area contributed by atoms with Crippen molar-refractivity contribution in [2.24, 2.45) is 0 Å². The highest BCUT2D eigenvalue weighted by molar-refractivity contribution is 6.01. The maximum atomic E-state index is 11.3. The molecule has 0 aromatic heterocycles. The van der Waals surface area contributed by atoms with Gasteiger partial charge in [-0.1, -0.05) is 73.5 Å². The molecule has 2 aromatic carbocycles. The van der Waals surface area contributed by atoms with Gasteiger partial charge in [-0.15, -0.1) is 0 Å². The molecule has 1 aliphatic carbocycles. The number of hydrogen-bond acceptors (Lipinski definition) is 2. The zero-order valence-electron chi connectivity index (χ0n) is 16.4. The number of aromatic hydroxyl groups is 1. The monoisotopic (exact) mass is 358 g/mol. The number of hydrogen-bond donors (Lipinski definition) is 1. The van der Waals surface area contributed by atoms with Crippen molar-refractivity contribution in [1.82, 2.24) is 0 Å². The second-order valence-corrected chi connectivity index (χ2v) is 7.83. The van der Waals surface area contributed by atoms with Gasteiger partial charge in [-0.3, -0.25) is 4.79 Å². The molecule has 27 heavy (non-hydrogen) atoms. The summed E-state index contributed by atoms with van der Waals surface area (Å²) in [4.78, 5) is 11.3. The number of phenolic OH excluding ortho intramolecular Hbond substituents is 1. The molecule has 0 atom stereocenters. The lowest BCUT2D eigenvalue weighted by molar-refractivity contribution is -0.110. The van der Waals surface area contributed by atoms with Crippen molar-refractivity contribution in [3.8, 4) is 5.75 Å². The van der Waals surface area contributed by atoms with Gasteiger partial charge < -0.3 is 5.11 Å². The fourth-order valence-electron chi connectivity index (χ4n) is 3.53. The highest BCUT2D eigenvalue weighted by Gasteiger charge is 2.26. The van der Waals surface area contributed by atoms with E-state index in [9.17, 15) is 9.90 Å². The largest absolute Gasteiger partial charge is 0.508 e. The quantitative estimate of drug-likeness (QED) is 0.774. The second-order valence-electron chi connectivity index (χ2n) is 7.83. The average Bonchev–Trinajstić information content (AvgIpc) is 2.63. The molecule has 2 heteroatoms. The fourth-order valence-corrected chi connectivity index (χ4v) is 3.53. The van der Waals surface area contributed by atoms with Crippen molar-refractivity contribution in [3.05, 3.63) is 100 Å². The van der Waals surface area contributed by atoms with Crippen LogP contribution in [0.15, 0.2) is 77.9 Å². The standard InChI is InChI=1S/C25H26O2/c1-17-6-5-7-21(14-17)25(3,4)23-16-19(8-13-24(23)27)15-18(2)20-9-11-22(26)12-10-20/h5-14,16,27H,15H2,1-4H3. The van der Waals surface area contributed by atoms with E-state index in [0.29, 0.717) is 5.75 Å². The number of ketones is 1. The lowest BCUT2D eigenvalue weighted by Gasteiger charge is -2.28. The minimum atomic E-state index is -0.301. The molecule has 3 rings (SSSR count). The predicted molar refractivity (Wildman–Crippen MR) is 111 cm³/mol. The Kier molecular flexibility index (Phi) is 5.18. The minimum absolute atomic E-state index is 0.0263. The van der Waals surface area contributed by atoms with Gasteiger partial charge in [-0.05, 0) is 55.2 Å². The third-order valence-corrected chi connectivity index (χ3v) is 5.29. The Morgan fingerprint density at radius 1 is 1.00 bits per heavy atom. The number of allylic oxidation sites excluding steroid dienone is 6. The first-order chi connectivity index (χ1) is 12.8. The van der Waals surface area contributed by atoms with Gasteiger partial charge >= 0.3 is 0 Å². The first-order valence-electron chi connectivity index (χ1n) is 9.27. The summed E-state index contributed by atoms with van der Waals surface area (Å²) in [5.74, 6) is 0.344. The summed E-state index contributed by atoms with van der Waals surface area (Å²) in [6.45, 7) is 8.45. The van der Waals surface area contributed by atoms with Crippen LogP contribution in [0.3, 0.4) is 0 Å². The van der Waals surface area contributed by atoms with Gasteiger partial charge in [0.1, 0.15) is 5.75 Å². The molecule has 0 radical (unpaired) electrons. The number of benzene rings is 2. The number of carbonyl (C=O) groups is 1. The molecule has 0 saturated carbocycles. The second kappa shape index (κ2) is 7.40. The number of phenols is 1. The van der Waals surface area contributed by atoms with Gasteiger partial charge in [0.2, 0.25) is 0 Å². The van der Waals surface area contributed by atoms with E-state index >= 15 is 0 Å². The molecule has 0 unspecified atom stereocenters. The maximum absolute atomic E-state index is 11.3. The molecule has 1 aliphatic rings. The van der Waals surface area contributed by atoms with Crippen LogP contribution in [0, 0.1) is 6.92 Å². The summed E-state index contributed by atoms with van der Waals surface area (Å²) < 4.78 is 0. The van der Waals surface area contributed by atoms with Crippen molar-refractivity contribution in [2.45, 2.75) is 39.5 Å². The normalized spacial score (nSPS) is 13.9. The van der Waals surface area contributed by atoms with Crippen LogP contribution < -0.4 is 0 Å². The topological polar surface area (TPSA) is 37.3 Å². The van der Waals surface area contributed by atoms with Crippen LogP contribution in [0.4, 0.5) is 0 Å². The lowest BCUT2D eigenvalue weighted by Crippen LogP contribution is -2.19. The molecule has 0 amide bonds. The Labute approximate surface area is 161 Å². The predicted octanol–water partition coefficient (Wildman–Crippen LogP) is 5.58. The Bertz CT molecular complexity index is 954. The van der Waals surface area contributed by atoms with E-state index in [-0.39, 0.29) is 11.2 Å². The highest BCUT2D eigenvalue weighted by Crippen LogP contribution is 2.38. The van der Waals surface area contributed by atoms with Gasteiger partial charge in [0, 0.05) is 11.0 Å². The first kappa shape index (κ1) is 18.9. The zero-order chi connectivity index (χ0) is 19.6. The minimum Gasteiger partial charge on any atom is -0.508 e. The van der Waals surface area contributed by atoms with Crippen LogP contribution in [0.2, 0.25) is 0 Å². The summed E-state index contributed by atoms with van der Waals surface area (Å²) >= 11 is 0. The summed E-state index contributed by atoms with van der Waals surface area (Å²) in [6.07, 6.45) is 7.71. The molecule has 0 spiro atoms. The number of aryl methyl sites for hydroxylation is 1. The van der Waals surface area contributed by atoms with Crippen LogP contribution in [0.25, 0.3) is 0 Å². The van der Waals surface area contributed by atoms with Crippen LogP contribution in [-0.4, -0.2) is 10.9 Å². The third-order valence-electron chi connectivity index (χ3n) is 5.29. The molecule has 2 nitrogen and oxygen atoms in total. The smallest absolute Gasteiger partial charge is 0.178 e. The van der Waals surface area contributed by atoms with Gasteiger partial charge in [0.15, 0.2) is 5.78 Å². The van der Waals surface area contributed by atoms with Crippen LogP contribution >= 0.6 is 0 Å². The van der Waals surface area contributed by atoms with E-state index < -0.39 is 0 Å². The maximum Gasteiger partial charge on any atom is 0.178 e. The highest BCUT2D eigenvalue weighted by atomic mass is 16.3. The van der Waals surface area contributed by atoms with E-state index in [4.69, 9.17) is 0 Å². The van der Waals surface area contributed by atoms with E-state index in [1.807, 2.05) is 18.2 Å². The summed E-state index contributed by atoms with van der Waals surface area (Å²) in [6, 6.07) is 14.3. The molecule has 0 heterocycles. The molecule has 138 valence electrons. The first-order valence-corrected chi connectivity index (χ1v) is 9.27. The van der Waals surface area contributed by atoms with E-state index in [1.165, 1.54) is 16.7 Å². The number of rotatable bonds is 4. The average molecular weight is 358 g/mol. The van der Waals surface area contributed by atoms with Crippen LogP contribution in [-0.2, 0) is 16.6 Å². The zero-order valence-corrected chi connectivity index (χ0v) is 16.4. The third kappa shape index (κ3) is 4.11. The molecular weight excluding hydrogens is 332 g/mol. The van der Waals surface area contributed by atoms with Gasteiger partial charge in [-0.25, -0.2) is 0 Å². The van der Waals surface area contributed by atoms with E-state index in [2.05, 4.69) is 58.0 Å². The van der Waals surface area contributed by atoms with Crippen molar-refractivity contribution in [2.75, 3.05) is 0 Å². The molecule has 0 bridgehead atoms. The van der Waals surface area contributed by atoms with Crippen molar-refractivity contribution < 1.29 is 9.90 Å². The molecule has 0 fully saturated rings. The van der Waals surface area contributed by atoms with E-state index in [1.54, 1.807) is 18.2 Å². The SMILES string of the molecule is CC(Cc1ccc(O)c(C(C)(C)c2cccc(C)c2)c1)=C1C=CC(=O)C=C1. The van der Waals surface area contributed by atoms with Gasteiger partial charge in [0.25, 0.3) is 0 Å². The van der Waals surface area contributed by atoms with Crippen molar-refractivity contribution in [1.29, 1.82) is 0 Å². The number of carbonyl (C=O) groups excluding carboxylic acids is 1. The summed E-state index contributed by atoms with van der Waals surface area (Å²) in [5.41, 5.74) is 6.43. The van der Waals surface area contributed by atoms with Crippen LogP contribution in [0.5, 0.6) is 5.75 Å². The fraction of sp³-hybridized carbons (Fsp3) is 0.240. The molecular formula is C25H26O2. The van der Waals surface area contributed by atoms with Crippen LogP contribution in [0.1, 0.15) is 43.0 Å². The van der Waals surface area contributed by atoms with Crippen molar-refractivity contribution in [3.63, 3.8) is 0 Å². The summed E-state index contributed by atoms with van der Waals surface area (Å²) in [7, 11) is 0. The summed E-state index contributed by atoms with van der Waals surface area (Å²) in [5, 5.41) is 10.5. The Morgan fingerprint density at radius 2 is 1.70 bits per heavy atom. The van der Waals surface area contributed by atoms with E-state index in [0.717, 1.165) is 23.1 Å². The Hall–Kier alpha value is -2.87. The van der Waals surface area contributed by atoms with Gasteiger partial charge in [-0.2, -0.15) is 0 Å². The molecule has 0 aliphatic heterocycles. The Morgan fingerprint density at radius 3 is 2.37 bits per heavy atom. The lowest BCUT2D eigenvalue weighted by atomic mass is 9.76. The molecule has 2 aromatic rings. The molecule has 1 N–H and O–H groups in total. The molecule has 0 saturated heterocycles.